The maximum Gasteiger partial charge on any atom is 0.306 e. The molecule has 0 fully saturated rings. The van der Waals surface area contributed by atoms with E-state index >= 15 is 0 Å². The minimum atomic E-state index is -0.391. The molecule has 0 saturated heterocycles. The molecule has 0 aromatic rings. The molecular weight excluding hydrogens is 276 g/mol. The Hall–Kier alpha value is -0.570. The number of hydrogen-bond acceptors (Lipinski definition) is 3. The molecule has 0 heterocycles. The summed E-state index contributed by atoms with van der Waals surface area (Å²) in [6, 6.07) is 0. The van der Waals surface area contributed by atoms with Crippen LogP contribution in [0.1, 0.15) is 98.8 Å². The number of ether oxygens (including phenoxy) is 1. The first-order valence-corrected chi connectivity index (χ1v) is 9.16. The summed E-state index contributed by atoms with van der Waals surface area (Å²) in [6.07, 6.45) is 9.06. The lowest BCUT2D eigenvalue weighted by Crippen LogP contribution is -2.28. The van der Waals surface area contributed by atoms with Crippen molar-refractivity contribution < 1.29 is 14.6 Å². The predicted molar refractivity (Wildman–Crippen MR) is 92.9 cm³/mol. The van der Waals surface area contributed by atoms with Gasteiger partial charge in [0.15, 0.2) is 0 Å². The van der Waals surface area contributed by atoms with Crippen molar-refractivity contribution in [3.05, 3.63) is 0 Å². The second-order valence-corrected chi connectivity index (χ2v) is 7.56. The van der Waals surface area contributed by atoms with Crippen molar-refractivity contribution in [2.45, 2.75) is 111 Å². The molecule has 0 bridgehead atoms. The van der Waals surface area contributed by atoms with Crippen molar-refractivity contribution in [2.24, 2.45) is 5.92 Å². The van der Waals surface area contributed by atoms with Crippen LogP contribution < -0.4 is 0 Å². The lowest BCUT2D eigenvalue weighted by atomic mass is 9.97. The Kier molecular flexibility index (Phi) is 11.6. The summed E-state index contributed by atoms with van der Waals surface area (Å²) in [5, 5.41) is 9.89. The zero-order valence-electron chi connectivity index (χ0n) is 15.5. The monoisotopic (exact) mass is 314 g/mol. The Morgan fingerprint density at radius 2 is 1.73 bits per heavy atom. The fourth-order valence-corrected chi connectivity index (χ4v) is 2.58. The van der Waals surface area contributed by atoms with Crippen molar-refractivity contribution in [3.63, 3.8) is 0 Å². The average Bonchev–Trinajstić information content (AvgIpc) is 2.40. The van der Waals surface area contributed by atoms with E-state index in [1.807, 2.05) is 13.8 Å². The highest BCUT2D eigenvalue weighted by molar-refractivity contribution is 5.69. The second-order valence-electron chi connectivity index (χ2n) is 7.56. The van der Waals surface area contributed by atoms with E-state index in [2.05, 4.69) is 20.8 Å². The number of unbranched alkanes of at least 4 members (excludes halogenated alkanes) is 3. The molecule has 132 valence electrons. The first kappa shape index (κ1) is 21.4. The third-order valence-corrected chi connectivity index (χ3v) is 4.02. The number of rotatable bonds is 13. The maximum absolute atomic E-state index is 11.9. The standard InChI is InChI=1S/C19H38O3/c1-6-7-8-9-12-17(20)13-14-18(21)22-19(4,5)15-10-11-16(2)3/h16-17,20H,6-15H2,1-5H3. The van der Waals surface area contributed by atoms with Gasteiger partial charge in [-0.25, -0.2) is 0 Å². The Morgan fingerprint density at radius 3 is 2.32 bits per heavy atom. The lowest BCUT2D eigenvalue weighted by Gasteiger charge is -2.25. The van der Waals surface area contributed by atoms with E-state index in [9.17, 15) is 9.90 Å². The Labute approximate surface area is 137 Å². The number of carbonyl (C=O) groups excluding carboxylic acids is 1. The molecule has 0 amide bonds. The van der Waals surface area contributed by atoms with Crippen molar-refractivity contribution in [1.29, 1.82) is 0 Å². The summed E-state index contributed by atoms with van der Waals surface area (Å²) >= 11 is 0. The van der Waals surface area contributed by atoms with Crippen molar-refractivity contribution in [2.75, 3.05) is 0 Å². The SMILES string of the molecule is CCCCCCC(O)CCC(=O)OC(C)(C)CCCC(C)C. The van der Waals surface area contributed by atoms with Gasteiger partial charge in [0, 0.05) is 6.42 Å². The highest BCUT2D eigenvalue weighted by atomic mass is 16.6. The summed E-state index contributed by atoms with van der Waals surface area (Å²) < 4.78 is 5.56. The molecule has 3 nitrogen and oxygen atoms in total. The van der Waals surface area contributed by atoms with E-state index in [4.69, 9.17) is 4.74 Å². The van der Waals surface area contributed by atoms with Crippen LogP contribution in [0.5, 0.6) is 0 Å². The van der Waals surface area contributed by atoms with E-state index in [0.29, 0.717) is 18.8 Å². The van der Waals surface area contributed by atoms with Crippen LogP contribution in [0.3, 0.4) is 0 Å². The largest absolute Gasteiger partial charge is 0.460 e. The van der Waals surface area contributed by atoms with Gasteiger partial charge in [-0.3, -0.25) is 4.79 Å². The summed E-state index contributed by atoms with van der Waals surface area (Å²) in [5.74, 6) is 0.511. The fourth-order valence-electron chi connectivity index (χ4n) is 2.58. The van der Waals surface area contributed by atoms with Gasteiger partial charge in [-0.1, -0.05) is 52.9 Å². The van der Waals surface area contributed by atoms with E-state index in [0.717, 1.165) is 32.1 Å². The van der Waals surface area contributed by atoms with Gasteiger partial charge in [-0.2, -0.15) is 0 Å². The van der Waals surface area contributed by atoms with E-state index < -0.39 is 5.60 Å². The van der Waals surface area contributed by atoms with Crippen LogP contribution in [0.2, 0.25) is 0 Å². The fraction of sp³-hybridized carbons (Fsp3) is 0.947. The molecule has 0 spiro atoms. The molecule has 0 aliphatic rings. The molecule has 0 aliphatic carbocycles. The molecule has 0 aliphatic heterocycles. The summed E-state index contributed by atoms with van der Waals surface area (Å²) in [5.41, 5.74) is -0.391. The average molecular weight is 315 g/mol. The molecule has 0 rings (SSSR count). The molecule has 0 saturated carbocycles. The van der Waals surface area contributed by atoms with Crippen molar-refractivity contribution in [3.8, 4) is 0 Å². The molecule has 0 aromatic heterocycles. The van der Waals surface area contributed by atoms with E-state index in [1.165, 1.54) is 19.3 Å². The Bertz CT molecular complexity index is 284. The van der Waals surface area contributed by atoms with Crippen LogP contribution >= 0.6 is 0 Å². The van der Waals surface area contributed by atoms with Gasteiger partial charge in [-0.05, 0) is 45.4 Å². The molecule has 3 heteroatoms. The van der Waals surface area contributed by atoms with Crippen molar-refractivity contribution >= 4 is 5.97 Å². The third kappa shape index (κ3) is 13.1. The van der Waals surface area contributed by atoms with Gasteiger partial charge < -0.3 is 9.84 Å². The molecular formula is C19H38O3. The molecule has 0 radical (unpaired) electrons. The molecule has 1 N–H and O–H groups in total. The maximum atomic E-state index is 11.9. The number of aliphatic hydroxyl groups excluding tert-OH is 1. The normalized spacial score (nSPS) is 13.4. The van der Waals surface area contributed by atoms with Crippen LogP contribution in [-0.4, -0.2) is 22.8 Å². The lowest BCUT2D eigenvalue weighted by molar-refractivity contribution is -0.157. The Balaban J connectivity index is 3.82. The molecule has 0 aromatic carbocycles. The Morgan fingerprint density at radius 1 is 1.05 bits per heavy atom. The molecule has 1 unspecified atom stereocenters. The van der Waals surface area contributed by atoms with Crippen LogP contribution in [0.25, 0.3) is 0 Å². The third-order valence-electron chi connectivity index (χ3n) is 4.02. The van der Waals surface area contributed by atoms with Crippen molar-refractivity contribution in [1.82, 2.24) is 0 Å². The first-order chi connectivity index (χ1) is 10.3. The van der Waals surface area contributed by atoms with Gasteiger partial charge in [0.05, 0.1) is 6.10 Å². The molecule has 22 heavy (non-hydrogen) atoms. The summed E-state index contributed by atoms with van der Waals surface area (Å²) in [6.45, 7) is 10.6. The minimum absolute atomic E-state index is 0.179. The van der Waals surface area contributed by atoms with E-state index in [-0.39, 0.29) is 12.1 Å². The van der Waals surface area contributed by atoms with Gasteiger partial charge in [-0.15, -0.1) is 0 Å². The van der Waals surface area contributed by atoms with E-state index in [1.54, 1.807) is 0 Å². The highest BCUT2D eigenvalue weighted by Gasteiger charge is 2.22. The highest BCUT2D eigenvalue weighted by Crippen LogP contribution is 2.21. The van der Waals surface area contributed by atoms with Crippen LogP contribution in [0, 0.1) is 5.92 Å². The van der Waals surface area contributed by atoms with Gasteiger partial charge in [0.25, 0.3) is 0 Å². The summed E-state index contributed by atoms with van der Waals surface area (Å²) in [7, 11) is 0. The van der Waals surface area contributed by atoms with Gasteiger partial charge in [0.2, 0.25) is 0 Å². The number of carbonyl (C=O) groups is 1. The van der Waals surface area contributed by atoms with Crippen LogP contribution in [-0.2, 0) is 9.53 Å². The number of hydrogen-bond donors (Lipinski definition) is 1. The second kappa shape index (κ2) is 11.9. The number of esters is 1. The summed E-state index contributed by atoms with van der Waals surface area (Å²) in [4.78, 5) is 11.9. The topological polar surface area (TPSA) is 46.5 Å². The zero-order chi connectivity index (χ0) is 17.0. The van der Waals surface area contributed by atoms with Gasteiger partial charge in [0.1, 0.15) is 5.60 Å². The quantitative estimate of drug-likeness (QED) is 0.373. The molecule has 1 atom stereocenters. The van der Waals surface area contributed by atoms with Gasteiger partial charge >= 0.3 is 5.97 Å². The van der Waals surface area contributed by atoms with Crippen LogP contribution in [0.15, 0.2) is 0 Å². The zero-order valence-corrected chi connectivity index (χ0v) is 15.5. The minimum Gasteiger partial charge on any atom is -0.460 e. The number of aliphatic hydroxyl groups is 1. The smallest absolute Gasteiger partial charge is 0.306 e. The predicted octanol–water partition coefficient (Wildman–Crippen LogP) is 5.25. The first-order valence-electron chi connectivity index (χ1n) is 9.16. The van der Waals surface area contributed by atoms with Crippen LogP contribution in [0.4, 0.5) is 0 Å².